The number of hydrogen-bond acceptors (Lipinski definition) is 4. The normalized spacial score (nSPS) is 23.7. The molecule has 0 radical (unpaired) electrons. The van der Waals surface area contributed by atoms with Crippen LogP contribution in [-0.2, 0) is 27.4 Å². The summed E-state index contributed by atoms with van der Waals surface area (Å²) in [5.74, 6) is 0. The first-order chi connectivity index (χ1) is 12.8. The van der Waals surface area contributed by atoms with Crippen molar-refractivity contribution in [3.8, 4) is 0 Å². The maximum absolute atomic E-state index is 6.02. The van der Waals surface area contributed by atoms with E-state index < -0.39 is 0 Å². The molecular formula is C22H27NO3. The monoisotopic (exact) mass is 353 g/mol. The van der Waals surface area contributed by atoms with Crippen LogP contribution in [0, 0.1) is 0 Å². The first kappa shape index (κ1) is 18.8. The lowest BCUT2D eigenvalue weighted by molar-refractivity contribution is -0.213. The van der Waals surface area contributed by atoms with Gasteiger partial charge in [0.1, 0.15) is 0 Å². The Hall–Kier alpha value is -1.98. The molecule has 0 amide bonds. The van der Waals surface area contributed by atoms with Crippen LogP contribution in [-0.4, -0.2) is 43.6 Å². The SMILES string of the molecule is C=CC1OC(OC)CN(Cc2ccccc2)[C@H]1COCc1ccccc1. The molecule has 2 aromatic carbocycles. The summed E-state index contributed by atoms with van der Waals surface area (Å²) in [6.45, 7) is 6.65. The second-order valence-corrected chi connectivity index (χ2v) is 6.48. The lowest BCUT2D eigenvalue weighted by Gasteiger charge is -2.43. The molecule has 1 saturated heterocycles. The highest BCUT2D eigenvalue weighted by molar-refractivity contribution is 5.15. The van der Waals surface area contributed by atoms with E-state index >= 15 is 0 Å². The largest absolute Gasteiger partial charge is 0.375 e. The summed E-state index contributed by atoms with van der Waals surface area (Å²) in [7, 11) is 1.68. The van der Waals surface area contributed by atoms with E-state index in [4.69, 9.17) is 14.2 Å². The third kappa shape index (κ3) is 5.02. The van der Waals surface area contributed by atoms with Gasteiger partial charge in [0.05, 0.1) is 31.9 Å². The van der Waals surface area contributed by atoms with Crippen LogP contribution in [0.15, 0.2) is 73.3 Å². The molecule has 0 saturated carbocycles. The van der Waals surface area contributed by atoms with Crippen molar-refractivity contribution in [2.75, 3.05) is 20.3 Å². The molecule has 0 aromatic heterocycles. The van der Waals surface area contributed by atoms with E-state index in [1.165, 1.54) is 11.1 Å². The molecule has 0 spiro atoms. The zero-order chi connectivity index (χ0) is 18.2. The first-order valence-electron chi connectivity index (χ1n) is 9.00. The minimum Gasteiger partial charge on any atom is -0.375 e. The van der Waals surface area contributed by atoms with Crippen LogP contribution >= 0.6 is 0 Å². The Labute approximate surface area is 156 Å². The molecule has 1 fully saturated rings. The van der Waals surface area contributed by atoms with E-state index in [1.54, 1.807) is 7.11 Å². The summed E-state index contributed by atoms with van der Waals surface area (Å²) in [6, 6.07) is 20.8. The smallest absolute Gasteiger partial charge is 0.170 e. The van der Waals surface area contributed by atoms with Crippen molar-refractivity contribution in [3.05, 3.63) is 84.4 Å². The molecular weight excluding hydrogens is 326 g/mol. The maximum atomic E-state index is 6.02. The van der Waals surface area contributed by atoms with E-state index in [2.05, 4.69) is 47.9 Å². The molecule has 26 heavy (non-hydrogen) atoms. The topological polar surface area (TPSA) is 30.9 Å². The van der Waals surface area contributed by atoms with Gasteiger partial charge in [-0.2, -0.15) is 0 Å². The van der Waals surface area contributed by atoms with Crippen molar-refractivity contribution in [3.63, 3.8) is 0 Å². The Kier molecular flexibility index (Phi) is 6.97. The Bertz CT molecular complexity index is 662. The maximum Gasteiger partial charge on any atom is 0.170 e. The number of benzene rings is 2. The Morgan fingerprint density at radius 1 is 1.08 bits per heavy atom. The lowest BCUT2D eigenvalue weighted by Crippen LogP contribution is -2.56. The van der Waals surface area contributed by atoms with Gasteiger partial charge in [-0.1, -0.05) is 66.7 Å². The van der Waals surface area contributed by atoms with Crippen LogP contribution in [0.4, 0.5) is 0 Å². The fourth-order valence-electron chi connectivity index (χ4n) is 3.26. The van der Waals surface area contributed by atoms with Gasteiger partial charge in [0.25, 0.3) is 0 Å². The Morgan fingerprint density at radius 2 is 1.73 bits per heavy atom. The van der Waals surface area contributed by atoms with Crippen LogP contribution in [0.3, 0.4) is 0 Å². The quantitative estimate of drug-likeness (QED) is 0.678. The number of hydrogen-bond donors (Lipinski definition) is 0. The summed E-state index contributed by atoms with van der Waals surface area (Å²) in [6.07, 6.45) is 1.46. The molecule has 1 aliphatic heterocycles. The van der Waals surface area contributed by atoms with Crippen molar-refractivity contribution in [2.24, 2.45) is 0 Å². The Morgan fingerprint density at radius 3 is 2.35 bits per heavy atom. The van der Waals surface area contributed by atoms with Crippen molar-refractivity contribution < 1.29 is 14.2 Å². The van der Waals surface area contributed by atoms with Gasteiger partial charge in [-0.05, 0) is 11.1 Å². The van der Waals surface area contributed by atoms with E-state index in [-0.39, 0.29) is 18.4 Å². The molecule has 3 atom stereocenters. The van der Waals surface area contributed by atoms with Gasteiger partial charge < -0.3 is 14.2 Å². The Balaban J connectivity index is 1.67. The predicted molar refractivity (Wildman–Crippen MR) is 103 cm³/mol. The molecule has 2 unspecified atom stereocenters. The molecule has 0 aliphatic carbocycles. The van der Waals surface area contributed by atoms with Crippen molar-refractivity contribution in [1.29, 1.82) is 0 Å². The fraction of sp³-hybridized carbons (Fsp3) is 0.364. The van der Waals surface area contributed by atoms with E-state index in [9.17, 15) is 0 Å². The number of ether oxygens (including phenoxy) is 3. The van der Waals surface area contributed by atoms with Crippen molar-refractivity contribution >= 4 is 0 Å². The standard InChI is InChI=1S/C22H27NO3/c1-3-21-20(17-25-16-19-12-8-5-9-13-19)23(15-22(24-2)26-21)14-18-10-6-4-7-11-18/h3-13,20-22H,1,14-17H2,2H3/t20-,21?,22?/m0/s1. The molecule has 0 N–H and O–H groups in total. The molecule has 0 bridgehead atoms. The molecule has 2 aromatic rings. The fourth-order valence-corrected chi connectivity index (χ4v) is 3.26. The van der Waals surface area contributed by atoms with Crippen molar-refractivity contribution in [1.82, 2.24) is 4.90 Å². The van der Waals surface area contributed by atoms with E-state index in [0.717, 1.165) is 6.54 Å². The van der Waals surface area contributed by atoms with Gasteiger partial charge in [-0.25, -0.2) is 0 Å². The second-order valence-electron chi connectivity index (χ2n) is 6.48. The molecule has 1 heterocycles. The van der Waals surface area contributed by atoms with Crippen LogP contribution in [0.5, 0.6) is 0 Å². The van der Waals surface area contributed by atoms with E-state index in [1.807, 2.05) is 30.3 Å². The lowest BCUT2D eigenvalue weighted by atomic mass is 10.1. The third-order valence-electron chi connectivity index (χ3n) is 4.66. The highest BCUT2D eigenvalue weighted by atomic mass is 16.7. The van der Waals surface area contributed by atoms with Crippen LogP contribution < -0.4 is 0 Å². The highest BCUT2D eigenvalue weighted by Crippen LogP contribution is 2.23. The van der Waals surface area contributed by atoms with Gasteiger partial charge in [0.15, 0.2) is 6.29 Å². The van der Waals surface area contributed by atoms with Gasteiger partial charge in [-0.15, -0.1) is 6.58 Å². The van der Waals surface area contributed by atoms with Crippen LogP contribution in [0.1, 0.15) is 11.1 Å². The predicted octanol–water partition coefficient (Wildman–Crippen LogP) is 3.63. The molecule has 4 nitrogen and oxygen atoms in total. The summed E-state index contributed by atoms with van der Waals surface area (Å²) >= 11 is 0. The zero-order valence-corrected chi connectivity index (χ0v) is 15.3. The number of methoxy groups -OCH3 is 1. The summed E-state index contributed by atoms with van der Waals surface area (Å²) in [5.41, 5.74) is 2.43. The minimum atomic E-state index is -0.257. The first-order valence-corrected chi connectivity index (χ1v) is 9.00. The third-order valence-corrected chi connectivity index (χ3v) is 4.66. The van der Waals surface area contributed by atoms with E-state index in [0.29, 0.717) is 19.8 Å². The molecule has 1 aliphatic rings. The van der Waals surface area contributed by atoms with Crippen LogP contribution in [0.2, 0.25) is 0 Å². The number of nitrogens with zero attached hydrogens (tertiary/aromatic N) is 1. The van der Waals surface area contributed by atoms with Crippen molar-refractivity contribution in [2.45, 2.75) is 31.6 Å². The molecule has 3 rings (SSSR count). The minimum absolute atomic E-state index is 0.0998. The second kappa shape index (κ2) is 9.64. The van der Waals surface area contributed by atoms with Gasteiger partial charge >= 0.3 is 0 Å². The summed E-state index contributed by atoms with van der Waals surface area (Å²) < 4.78 is 17.5. The highest BCUT2D eigenvalue weighted by Gasteiger charge is 2.35. The van der Waals surface area contributed by atoms with Gasteiger partial charge in [-0.3, -0.25) is 4.90 Å². The summed E-state index contributed by atoms with van der Waals surface area (Å²) in [4.78, 5) is 2.37. The molecule has 4 heteroatoms. The zero-order valence-electron chi connectivity index (χ0n) is 15.3. The molecule has 138 valence electrons. The average molecular weight is 353 g/mol. The number of morpholine rings is 1. The van der Waals surface area contributed by atoms with Crippen LogP contribution in [0.25, 0.3) is 0 Å². The number of rotatable bonds is 8. The van der Waals surface area contributed by atoms with Gasteiger partial charge in [0.2, 0.25) is 0 Å². The van der Waals surface area contributed by atoms with Gasteiger partial charge in [0, 0.05) is 13.7 Å². The summed E-state index contributed by atoms with van der Waals surface area (Å²) in [5, 5.41) is 0. The average Bonchev–Trinajstić information content (AvgIpc) is 2.70.